The number of benzene rings is 1. The Kier molecular flexibility index (Phi) is 3.40. The summed E-state index contributed by atoms with van der Waals surface area (Å²) in [6, 6.07) is 7.79. The number of halogens is 7. The molecule has 108 valence electrons. The molecule has 0 bridgehead atoms. The minimum Gasteiger partial charge on any atom is -0.194 e. The summed E-state index contributed by atoms with van der Waals surface area (Å²) in [5, 5.41) is -1.83. The zero-order valence-corrected chi connectivity index (χ0v) is 10.4. The summed E-state index contributed by atoms with van der Waals surface area (Å²) in [5.74, 6) is -15.7. The highest BCUT2D eigenvalue weighted by Crippen LogP contribution is 2.60. The van der Waals surface area contributed by atoms with Crippen molar-refractivity contribution in [1.82, 2.24) is 0 Å². The topological polar surface area (TPSA) is 0 Å². The van der Waals surface area contributed by atoms with Crippen LogP contribution in [-0.2, 0) is 0 Å². The van der Waals surface area contributed by atoms with Crippen molar-refractivity contribution in [3.63, 3.8) is 0 Å². The van der Waals surface area contributed by atoms with E-state index in [2.05, 4.69) is 0 Å². The molecule has 1 aromatic rings. The third-order valence-electron chi connectivity index (χ3n) is 2.88. The molecule has 0 heterocycles. The Hall–Kier alpha value is -1.43. The molecule has 0 saturated carbocycles. The first-order valence-electron chi connectivity index (χ1n) is 5.39. The van der Waals surface area contributed by atoms with Crippen LogP contribution in [0.4, 0.5) is 26.3 Å². The van der Waals surface area contributed by atoms with Gasteiger partial charge in [-0.2, -0.15) is 26.3 Å². The fourth-order valence-electron chi connectivity index (χ4n) is 1.73. The summed E-state index contributed by atoms with van der Waals surface area (Å²) in [7, 11) is 0. The molecule has 20 heavy (non-hydrogen) atoms. The maximum atomic E-state index is 13.4. The van der Waals surface area contributed by atoms with Gasteiger partial charge in [-0.15, -0.1) is 0 Å². The molecule has 0 unspecified atom stereocenters. The van der Waals surface area contributed by atoms with E-state index in [-0.39, 0.29) is 0 Å². The first kappa shape index (κ1) is 15.0. The van der Waals surface area contributed by atoms with Crippen LogP contribution in [0.3, 0.4) is 0 Å². The van der Waals surface area contributed by atoms with Gasteiger partial charge in [-0.1, -0.05) is 54.1 Å². The van der Waals surface area contributed by atoms with E-state index in [0.717, 1.165) is 6.08 Å². The van der Waals surface area contributed by atoms with Crippen molar-refractivity contribution < 1.29 is 26.3 Å². The van der Waals surface area contributed by atoms with Crippen LogP contribution < -0.4 is 0 Å². The van der Waals surface area contributed by atoms with Crippen molar-refractivity contribution in [2.24, 2.45) is 0 Å². The molecule has 0 N–H and O–H groups in total. The van der Waals surface area contributed by atoms with Gasteiger partial charge in [-0.25, -0.2) is 0 Å². The van der Waals surface area contributed by atoms with Gasteiger partial charge >= 0.3 is 17.8 Å². The van der Waals surface area contributed by atoms with Gasteiger partial charge in [0, 0.05) is 5.57 Å². The van der Waals surface area contributed by atoms with Gasteiger partial charge < -0.3 is 0 Å². The minimum atomic E-state index is -5.55. The Labute approximate surface area is 115 Å². The fourth-order valence-corrected chi connectivity index (χ4v) is 2.03. The van der Waals surface area contributed by atoms with Crippen LogP contribution in [0.5, 0.6) is 0 Å². The van der Waals surface area contributed by atoms with E-state index < -0.39 is 28.4 Å². The summed E-state index contributed by atoms with van der Waals surface area (Å²) >= 11 is 5.02. The Balaban J connectivity index is 2.46. The van der Waals surface area contributed by atoms with Gasteiger partial charge in [0.15, 0.2) is 0 Å². The number of allylic oxidation sites excluding steroid dienone is 3. The minimum absolute atomic E-state index is 0.388. The zero-order chi connectivity index (χ0) is 15.2. The SMILES string of the molecule is FC1(F)C(Cl)=C(C=Cc2ccccc2)C(F)(F)C1(F)F. The van der Waals surface area contributed by atoms with E-state index in [9.17, 15) is 26.3 Å². The Morgan fingerprint density at radius 1 is 0.800 bits per heavy atom. The van der Waals surface area contributed by atoms with E-state index in [0.29, 0.717) is 11.6 Å². The molecule has 0 fully saturated rings. The highest BCUT2D eigenvalue weighted by atomic mass is 35.5. The van der Waals surface area contributed by atoms with Crippen LogP contribution in [0.2, 0.25) is 0 Å². The third kappa shape index (κ3) is 1.93. The van der Waals surface area contributed by atoms with Crippen molar-refractivity contribution in [3.8, 4) is 0 Å². The molecular formula is C13H7ClF6. The van der Waals surface area contributed by atoms with E-state index in [1.165, 1.54) is 12.1 Å². The lowest BCUT2D eigenvalue weighted by Gasteiger charge is -2.24. The van der Waals surface area contributed by atoms with Crippen molar-refractivity contribution in [2.45, 2.75) is 17.8 Å². The van der Waals surface area contributed by atoms with Crippen LogP contribution in [0.25, 0.3) is 6.08 Å². The Morgan fingerprint density at radius 3 is 1.80 bits per heavy atom. The van der Waals surface area contributed by atoms with E-state index >= 15 is 0 Å². The molecule has 1 aliphatic carbocycles. The second-order valence-electron chi connectivity index (χ2n) is 4.19. The molecule has 0 nitrogen and oxygen atoms in total. The Bertz CT molecular complexity index is 574. The molecule has 0 saturated heterocycles. The second-order valence-corrected chi connectivity index (χ2v) is 4.57. The summed E-state index contributed by atoms with van der Waals surface area (Å²) < 4.78 is 79.2. The number of alkyl halides is 6. The first-order valence-corrected chi connectivity index (χ1v) is 5.77. The molecule has 0 aliphatic heterocycles. The maximum absolute atomic E-state index is 13.4. The quantitative estimate of drug-likeness (QED) is 0.666. The predicted octanol–water partition coefficient (Wildman–Crippen LogP) is 5.11. The van der Waals surface area contributed by atoms with Gasteiger partial charge in [0.05, 0.1) is 0 Å². The van der Waals surface area contributed by atoms with Crippen LogP contribution in [0.15, 0.2) is 47.0 Å². The van der Waals surface area contributed by atoms with Crippen LogP contribution in [0.1, 0.15) is 5.56 Å². The molecule has 0 atom stereocenters. The summed E-state index contributed by atoms with van der Waals surface area (Å²) in [4.78, 5) is 0. The lowest BCUT2D eigenvalue weighted by atomic mass is 10.1. The van der Waals surface area contributed by atoms with Gasteiger partial charge in [0.25, 0.3) is 0 Å². The molecular weight excluding hydrogens is 306 g/mol. The lowest BCUT2D eigenvalue weighted by Crippen LogP contribution is -2.48. The highest BCUT2D eigenvalue weighted by molar-refractivity contribution is 6.31. The average molecular weight is 313 g/mol. The fraction of sp³-hybridized carbons (Fsp3) is 0.231. The molecule has 1 aromatic carbocycles. The smallest absolute Gasteiger partial charge is 0.194 e. The molecule has 7 heteroatoms. The number of rotatable bonds is 2. The molecule has 1 aliphatic rings. The van der Waals surface area contributed by atoms with Gasteiger partial charge in [-0.05, 0) is 5.56 Å². The second kappa shape index (κ2) is 4.55. The highest BCUT2D eigenvalue weighted by Gasteiger charge is 2.79. The number of hydrogen-bond donors (Lipinski definition) is 0. The zero-order valence-electron chi connectivity index (χ0n) is 9.69. The van der Waals surface area contributed by atoms with Crippen molar-refractivity contribution in [2.75, 3.05) is 0 Å². The maximum Gasteiger partial charge on any atom is 0.381 e. The molecule has 2 rings (SSSR count). The van der Waals surface area contributed by atoms with Crippen LogP contribution in [0, 0.1) is 0 Å². The summed E-state index contributed by atoms with van der Waals surface area (Å²) in [6.45, 7) is 0. The van der Waals surface area contributed by atoms with Gasteiger partial charge in [0.2, 0.25) is 0 Å². The van der Waals surface area contributed by atoms with Gasteiger partial charge in [-0.3, -0.25) is 0 Å². The van der Waals surface area contributed by atoms with Gasteiger partial charge in [0.1, 0.15) is 5.03 Å². The van der Waals surface area contributed by atoms with Crippen molar-refractivity contribution >= 4 is 17.7 Å². The molecule has 0 radical (unpaired) electrons. The molecule has 0 spiro atoms. The third-order valence-corrected chi connectivity index (χ3v) is 3.32. The largest absolute Gasteiger partial charge is 0.381 e. The monoisotopic (exact) mass is 312 g/mol. The normalized spacial score (nSPS) is 23.6. The Morgan fingerprint density at radius 2 is 1.35 bits per heavy atom. The van der Waals surface area contributed by atoms with Crippen LogP contribution >= 0.6 is 11.6 Å². The van der Waals surface area contributed by atoms with Crippen molar-refractivity contribution in [1.29, 1.82) is 0 Å². The number of hydrogen-bond acceptors (Lipinski definition) is 0. The lowest BCUT2D eigenvalue weighted by molar-refractivity contribution is -0.262. The first-order chi connectivity index (χ1) is 9.12. The average Bonchev–Trinajstić information content (AvgIpc) is 2.46. The van der Waals surface area contributed by atoms with E-state index in [1.807, 2.05) is 0 Å². The van der Waals surface area contributed by atoms with Crippen LogP contribution in [-0.4, -0.2) is 17.8 Å². The predicted molar refractivity (Wildman–Crippen MR) is 63.2 cm³/mol. The standard InChI is InChI=1S/C13H7ClF6/c14-10-9(7-6-8-4-2-1-3-5-8)11(15,16)13(19,20)12(10,17)18/h1-7H. The van der Waals surface area contributed by atoms with E-state index in [4.69, 9.17) is 11.6 Å². The molecule has 0 aromatic heterocycles. The molecule has 0 amide bonds. The van der Waals surface area contributed by atoms with E-state index in [1.54, 1.807) is 18.2 Å². The summed E-state index contributed by atoms with van der Waals surface area (Å²) in [6.07, 6.45) is 1.51. The summed E-state index contributed by atoms with van der Waals surface area (Å²) in [5.41, 5.74) is -1.18. The van der Waals surface area contributed by atoms with Crippen molar-refractivity contribution in [3.05, 3.63) is 52.6 Å².